The molecule has 1 aromatic heterocycles. The van der Waals surface area contributed by atoms with Gasteiger partial charge in [-0.05, 0) is 13.3 Å². The normalized spacial score (nSPS) is 26.1. The van der Waals surface area contributed by atoms with E-state index >= 15 is 0 Å². The molecular weight excluding hydrogens is 294 g/mol. The number of hydroxylamine groups is 2. The lowest BCUT2D eigenvalue weighted by molar-refractivity contribution is -0.183. The zero-order valence-electron chi connectivity index (χ0n) is 11.7. The second-order valence-electron chi connectivity index (χ2n) is 5.42. The van der Waals surface area contributed by atoms with Crippen molar-refractivity contribution in [2.24, 2.45) is 0 Å². The van der Waals surface area contributed by atoms with E-state index in [1.807, 2.05) is 5.38 Å². The summed E-state index contributed by atoms with van der Waals surface area (Å²) >= 11 is 1.41. The van der Waals surface area contributed by atoms with Gasteiger partial charge in [0.25, 0.3) is 5.91 Å². The Bertz CT molecular complexity index is 602. The number of nitrogens with two attached hydrogens (primary N) is 1. The fraction of sp³-hybridized carbons (Fsp3) is 0.538. The molecule has 3 heterocycles. The van der Waals surface area contributed by atoms with Crippen molar-refractivity contribution >= 4 is 28.2 Å². The number of amides is 2. The number of anilines is 1. The summed E-state index contributed by atoms with van der Waals surface area (Å²) in [5.41, 5.74) is 5.85. The Hall–Kier alpha value is -1.64. The summed E-state index contributed by atoms with van der Waals surface area (Å²) in [5, 5.41) is 13.1. The van der Waals surface area contributed by atoms with Crippen LogP contribution in [0.2, 0.25) is 0 Å². The quantitative estimate of drug-likeness (QED) is 0.782. The number of carbonyl (C=O) groups is 2. The average Bonchev–Trinajstić information content (AvgIpc) is 3.03. The Morgan fingerprint density at radius 2 is 2.29 bits per heavy atom. The Labute approximate surface area is 125 Å². The number of β-amino-alcohol motifs (C(OH)–C–C–N with tert-alkyl or cyclic N) is 1. The highest BCUT2D eigenvalue weighted by Gasteiger charge is 2.51. The molecule has 0 spiro atoms. The number of aliphatic hydroxyl groups is 1. The first-order valence-electron chi connectivity index (χ1n) is 6.74. The molecule has 1 aromatic rings. The summed E-state index contributed by atoms with van der Waals surface area (Å²) in [6, 6.07) is 0. The van der Waals surface area contributed by atoms with Crippen molar-refractivity contribution in [1.29, 1.82) is 0 Å². The lowest BCUT2D eigenvalue weighted by Crippen LogP contribution is -2.62. The van der Waals surface area contributed by atoms with Crippen molar-refractivity contribution in [3.8, 4) is 5.75 Å². The molecule has 8 heteroatoms. The first-order chi connectivity index (χ1) is 9.97. The number of hydrogen-bond donors (Lipinski definition) is 2. The van der Waals surface area contributed by atoms with E-state index in [1.165, 1.54) is 11.3 Å². The zero-order valence-corrected chi connectivity index (χ0v) is 12.5. The SMILES string of the molecule is C[C@@]1(N2Cc3c(csc3N)O2)CCC(=O)N(CCO)C1=O. The minimum Gasteiger partial charge on any atom is -0.403 e. The predicted molar refractivity (Wildman–Crippen MR) is 76.3 cm³/mol. The van der Waals surface area contributed by atoms with Gasteiger partial charge < -0.3 is 15.7 Å². The maximum absolute atomic E-state index is 12.6. The average molecular weight is 311 g/mol. The first-order valence-corrected chi connectivity index (χ1v) is 7.62. The largest absolute Gasteiger partial charge is 0.403 e. The van der Waals surface area contributed by atoms with Crippen molar-refractivity contribution in [2.75, 3.05) is 18.9 Å². The molecule has 21 heavy (non-hydrogen) atoms. The minimum absolute atomic E-state index is 0.0183. The standard InChI is InChI=1S/C13H17N3O4S/c1-13(3-2-10(18)15(4-5-17)12(13)19)16-6-8-9(20-16)7-21-11(8)14/h7,17H,2-6,14H2,1H3/t13-/m1/s1. The molecule has 1 saturated heterocycles. The molecule has 1 fully saturated rings. The highest BCUT2D eigenvalue weighted by Crippen LogP contribution is 2.42. The van der Waals surface area contributed by atoms with Crippen molar-refractivity contribution in [3.63, 3.8) is 0 Å². The van der Waals surface area contributed by atoms with Crippen LogP contribution >= 0.6 is 11.3 Å². The second kappa shape index (κ2) is 4.97. The number of imide groups is 1. The van der Waals surface area contributed by atoms with Crippen molar-refractivity contribution < 1.29 is 19.5 Å². The molecule has 3 rings (SSSR count). The molecule has 0 aromatic carbocycles. The number of aliphatic hydroxyl groups excluding tert-OH is 1. The van der Waals surface area contributed by atoms with E-state index in [0.29, 0.717) is 23.7 Å². The number of rotatable bonds is 3. The molecule has 2 aliphatic heterocycles. The maximum atomic E-state index is 12.6. The van der Waals surface area contributed by atoms with Crippen LogP contribution in [0.15, 0.2) is 5.38 Å². The fourth-order valence-corrected chi connectivity index (χ4v) is 3.46. The number of likely N-dealkylation sites (tertiary alicyclic amines) is 1. The van der Waals surface area contributed by atoms with Crippen molar-refractivity contribution in [1.82, 2.24) is 9.96 Å². The van der Waals surface area contributed by atoms with E-state index in [-0.39, 0.29) is 31.4 Å². The lowest BCUT2D eigenvalue weighted by atomic mass is 9.89. The number of fused-ring (bicyclic) bond motifs is 1. The summed E-state index contributed by atoms with van der Waals surface area (Å²) in [5.74, 6) is 0.0942. The Morgan fingerprint density at radius 3 is 2.95 bits per heavy atom. The summed E-state index contributed by atoms with van der Waals surface area (Å²) < 4.78 is 0. The van der Waals surface area contributed by atoms with E-state index in [9.17, 15) is 9.59 Å². The van der Waals surface area contributed by atoms with Gasteiger partial charge in [-0.25, -0.2) is 0 Å². The van der Waals surface area contributed by atoms with Crippen LogP contribution in [0.1, 0.15) is 25.3 Å². The summed E-state index contributed by atoms with van der Waals surface area (Å²) in [6.07, 6.45) is 0.643. The van der Waals surface area contributed by atoms with E-state index < -0.39 is 5.54 Å². The van der Waals surface area contributed by atoms with Gasteiger partial charge in [-0.2, -0.15) is 0 Å². The van der Waals surface area contributed by atoms with E-state index in [4.69, 9.17) is 15.7 Å². The molecule has 114 valence electrons. The van der Waals surface area contributed by atoms with Crippen LogP contribution in [0.25, 0.3) is 0 Å². The summed E-state index contributed by atoms with van der Waals surface area (Å²) in [7, 11) is 0. The van der Waals surface area contributed by atoms with Gasteiger partial charge >= 0.3 is 0 Å². The van der Waals surface area contributed by atoms with Crippen molar-refractivity contribution in [2.45, 2.75) is 31.8 Å². The van der Waals surface area contributed by atoms with Crippen LogP contribution < -0.4 is 10.6 Å². The third-order valence-corrected chi connectivity index (χ3v) is 4.94. The monoisotopic (exact) mass is 311 g/mol. The van der Waals surface area contributed by atoms with E-state index in [1.54, 1.807) is 12.0 Å². The van der Waals surface area contributed by atoms with Crippen LogP contribution in [0.3, 0.4) is 0 Å². The van der Waals surface area contributed by atoms with E-state index in [2.05, 4.69) is 0 Å². The highest BCUT2D eigenvalue weighted by molar-refractivity contribution is 7.14. The van der Waals surface area contributed by atoms with Gasteiger partial charge in [0, 0.05) is 17.4 Å². The third-order valence-electron chi connectivity index (χ3n) is 4.10. The van der Waals surface area contributed by atoms with E-state index in [0.717, 1.165) is 10.5 Å². The maximum Gasteiger partial charge on any atom is 0.252 e. The number of thiophene rings is 1. The molecule has 7 nitrogen and oxygen atoms in total. The fourth-order valence-electron chi connectivity index (χ4n) is 2.74. The Kier molecular flexibility index (Phi) is 3.39. The number of hydrogen-bond acceptors (Lipinski definition) is 7. The molecule has 3 N–H and O–H groups in total. The molecule has 0 bridgehead atoms. The molecule has 0 unspecified atom stereocenters. The number of nitrogens with zero attached hydrogens (tertiary/aromatic N) is 2. The van der Waals surface area contributed by atoms with Crippen LogP contribution in [-0.2, 0) is 16.1 Å². The number of nitrogen functional groups attached to an aromatic ring is 1. The predicted octanol–water partition coefficient (Wildman–Crippen LogP) is 0.340. The second-order valence-corrected chi connectivity index (χ2v) is 6.33. The van der Waals surface area contributed by atoms with Crippen molar-refractivity contribution in [3.05, 3.63) is 10.9 Å². The number of piperidine rings is 1. The van der Waals surface area contributed by atoms with Crippen LogP contribution in [0, 0.1) is 0 Å². The van der Waals surface area contributed by atoms with Gasteiger partial charge in [-0.15, -0.1) is 16.4 Å². The van der Waals surface area contributed by atoms with Gasteiger partial charge in [-0.1, -0.05) is 0 Å². The summed E-state index contributed by atoms with van der Waals surface area (Å²) in [6.45, 7) is 1.96. The Balaban J connectivity index is 1.84. The molecule has 1 atom stereocenters. The molecule has 2 amide bonds. The third kappa shape index (κ3) is 2.10. The van der Waals surface area contributed by atoms with Gasteiger partial charge in [0.1, 0.15) is 5.54 Å². The van der Waals surface area contributed by atoms with Gasteiger partial charge in [0.2, 0.25) is 5.91 Å². The highest BCUT2D eigenvalue weighted by atomic mass is 32.1. The van der Waals surface area contributed by atoms with Gasteiger partial charge in [0.15, 0.2) is 5.75 Å². The number of carbonyl (C=O) groups excluding carboxylic acids is 2. The van der Waals surface area contributed by atoms with Crippen LogP contribution in [0.5, 0.6) is 5.75 Å². The minimum atomic E-state index is -0.924. The molecular formula is C13H17N3O4S. The zero-order chi connectivity index (χ0) is 15.2. The first kappa shape index (κ1) is 14.3. The molecule has 0 saturated carbocycles. The van der Waals surface area contributed by atoms with Crippen LogP contribution in [-0.4, -0.2) is 45.6 Å². The molecule has 2 aliphatic rings. The lowest BCUT2D eigenvalue weighted by Gasteiger charge is -2.42. The molecule has 0 radical (unpaired) electrons. The van der Waals surface area contributed by atoms with Crippen LogP contribution in [0.4, 0.5) is 5.00 Å². The smallest absolute Gasteiger partial charge is 0.252 e. The van der Waals surface area contributed by atoms with Gasteiger partial charge in [0.05, 0.1) is 24.7 Å². The topological polar surface area (TPSA) is 96.1 Å². The molecule has 0 aliphatic carbocycles. The Morgan fingerprint density at radius 1 is 1.52 bits per heavy atom. The van der Waals surface area contributed by atoms with Gasteiger partial charge in [-0.3, -0.25) is 14.5 Å². The summed E-state index contributed by atoms with van der Waals surface area (Å²) in [4.78, 5) is 31.3.